The van der Waals surface area contributed by atoms with Crippen molar-refractivity contribution >= 4 is 29.1 Å². The van der Waals surface area contributed by atoms with E-state index in [1.54, 1.807) is 53.3 Å². The van der Waals surface area contributed by atoms with E-state index < -0.39 is 11.8 Å². The lowest BCUT2D eigenvalue weighted by Crippen LogP contribution is -2.46. The van der Waals surface area contributed by atoms with Crippen LogP contribution < -0.4 is 4.90 Å². The van der Waals surface area contributed by atoms with Crippen molar-refractivity contribution in [1.29, 1.82) is 0 Å². The second-order valence-electron chi connectivity index (χ2n) is 6.10. The van der Waals surface area contributed by atoms with Gasteiger partial charge < -0.3 is 4.90 Å². The molecule has 7 nitrogen and oxygen atoms in total. The van der Waals surface area contributed by atoms with Gasteiger partial charge in [-0.1, -0.05) is 29.8 Å². The van der Waals surface area contributed by atoms with Gasteiger partial charge in [0.25, 0.3) is 5.91 Å². The molecule has 1 fully saturated rings. The number of amides is 2. The van der Waals surface area contributed by atoms with Gasteiger partial charge in [-0.2, -0.15) is 5.10 Å². The molecule has 0 saturated carbocycles. The van der Waals surface area contributed by atoms with Gasteiger partial charge in [0.05, 0.1) is 24.3 Å². The van der Waals surface area contributed by atoms with Crippen molar-refractivity contribution in [2.24, 2.45) is 13.0 Å². The molecule has 132 valence electrons. The summed E-state index contributed by atoms with van der Waals surface area (Å²) in [7, 11) is 1.76. The fourth-order valence-corrected chi connectivity index (χ4v) is 3.12. The minimum Gasteiger partial charge on any atom is -0.309 e. The van der Waals surface area contributed by atoms with Gasteiger partial charge in [0.15, 0.2) is 0 Å². The van der Waals surface area contributed by atoms with Crippen LogP contribution in [-0.2, 0) is 23.2 Å². The number of hydroxylamine groups is 2. The summed E-state index contributed by atoms with van der Waals surface area (Å²) in [6, 6.07) is 7.04. The fraction of sp³-hybridized carbons (Fsp3) is 0.353. The van der Waals surface area contributed by atoms with E-state index in [1.165, 1.54) is 0 Å². The number of anilines is 1. The molecule has 1 atom stereocenters. The number of hydrogen-bond donors (Lipinski definition) is 1. The summed E-state index contributed by atoms with van der Waals surface area (Å²) >= 11 is 6.07. The third-order valence-electron chi connectivity index (χ3n) is 4.30. The lowest BCUT2D eigenvalue weighted by atomic mass is 9.96. The van der Waals surface area contributed by atoms with Crippen molar-refractivity contribution in [3.05, 3.63) is 47.2 Å². The zero-order valence-electron chi connectivity index (χ0n) is 13.8. The summed E-state index contributed by atoms with van der Waals surface area (Å²) in [5.41, 5.74) is 1.32. The number of halogens is 1. The van der Waals surface area contributed by atoms with E-state index in [2.05, 4.69) is 5.10 Å². The molecule has 8 heteroatoms. The predicted molar refractivity (Wildman–Crippen MR) is 92.1 cm³/mol. The third-order valence-corrected chi connectivity index (χ3v) is 4.66. The highest BCUT2D eigenvalue weighted by atomic mass is 35.5. The van der Waals surface area contributed by atoms with Crippen LogP contribution in [0.3, 0.4) is 0 Å². The monoisotopic (exact) mass is 362 g/mol. The number of aromatic nitrogens is 2. The van der Waals surface area contributed by atoms with E-state index in [1.807, 2.05) is 0 Å². The maximum atomic E-state index is 12.6. The average molecular weight is 363 g/mol. The highest BCUT2D eigenvalue weighted by Crippen LogP contribution is 2.25. The summed E-state index contributed by atoms with van der Waals surface area (Å²) < 4.78 is 1.60. The minimum absolute atomic E-state index is 0.00977. The Kier molecular flexibility index (Phi) is 5.06. The zero-order valence-corrected chi connectivity index (χ0v) is 14.6. The standard InChI is InChI=1S/C17H19ClN4O3/c1-20-11-14(8-19-20)21-9-13(6-7-16(21)23)17(24)22(25)10-12-4-2-3-5-15(12)18/h2-5,8,11,13,25H,6-7,9-10H2,1H3. The lowest BCUT2D eigenvalue weighted by molar-refractivity contribution is -0.173. The molecule has 1 aromatic carbocycles. The molecule has 1 aromatic heterocycles. The van der Waals surface area contributed by atoms with Crippen molar-refractivity contribution in [1.82, 2.24) is 14.8 Å². The molecule has 0 bridgehead atoms. The molecule has 1 saturated heterocycles. The Morgan fingerprint density at radius 2 is 2.20 bits per heavy atom. The quantitative estimate of drug-likeness (QED) is 0.668. The molecular formula is C17H19ClN4O3. The normalized spacial score (nSPS) is 17.6. The Morgan fingerprint density at radius 1 is 1.44 bits per heavy atom. The third kappa shape index (κ3) is 3.83. The Morgan fingerprint density at radius 3 is 2.88 bits per heavy atom. The van der Waals surface area contributed by atoms with Gasteiger partial charge in [-0.05, 0) is 18.1 Å². The highest BCUT2D eigenvalue weighted by molar-refractivity contribution is 6.31. The van der Waals surface area contributed by atoms with Crippen LogP contribution >= 0.6 is 11.6 Å². The van der Waals surface area contributed by atoms with Gasteiger partial charge in [-0.25, -0.2) is 5.06 Å². The first-order valence-electron chi connectivity index (χ1n) is 7.98. The zero-order chi connectivity index (χ0) is 18.0. The number of piperidine rings is 1. The molecular weight excluding hydrogens is 344 g/mol. The smallest absolute Gasteiger partial charge is 0.251 e. The van der Waals surface area contributed by atoms with E-state index in [0.717, 1.165) is 0 Å². The molecule has 3 rings (SSSR count). The first-order valence-corrected chi connectivity index (χ1v) is 8.36. The number of nitrogens with zero attached hydrogens (tertiary/aromatic N) is 4. The summed E-state index contributed by atoms with van der Waals surface area (Å²) in [6.07, 6.45) is 3.98. The van der Waals surface area contributed by atoms with E-state index in [0.29, 0.717) is 27.8 Å². The van der Waals surface area contributed by atoms with E-state index in [-0.39, 0.29) is 25.4 Å². The van der Waals surface area contributed by atoms with Crippen LogP contribution in [0, 0.1) is 5.92 Å². The van der Waals surface area contributed by atoms with Crippen molar-refractivity contribution in [3.8, 4) is 0 Å². The van der Waals surface area contributed by atoms with Gasteiger partial charge in [0.1, 0.15) is 0 Å². The largest absolute Gasteiger partial charge is 0.309 e. The lowest BCUT2D eigenvalue weighted by Gasteiger charge is -2.32. The molecule has 2 aromatic rings. The van der Waals surface area contributed by atoms with Gasteiger partial charge in [0, 0.05) is 31.2 Å². The fourth-order valence-electron chi connectivity index (χ4n) is 2.92. The van der Waals surface area contributed by atoms with Crippen molar-refractivity contribution in [3.63, 3.8) is 0 Å². The number of benzene rings is 1. The van der Waals surface area contributed by atoms with Crippen molar-refractivity contribution in [2.75, 3.05) is 11.4 Å². The van der Waals surface area contributed by atoms with E-state index in [9.17, 15) is 14.8 Å². The summed E-state index contributed by atoms with van der Waals surface area (Å²) in [5, 5.41) is 15.4. The molecule has 0 spiro atoms. The van der Waals surface area contributed by atoms with Crippen LogP contribution in [0.2, 0.25) is 5.02 Å². The summed E-state index contributed by atoms with van der Waals surface area (Å²) in [6.45, 7) is 0.235. The molecule has 0 aliphatic carbocycles. The van der Waals surface area contributed by atoms with Crippen LogP contribution in [-0.4, -0.2) is 38.4 Å². The minimum atomic E-state index is -0.467. The average Bonchev–Trinajstić information content (AvgIpc) is 3.03. The first kappa shape index (κ1) is 17.4. The SMILES string of the molecule is Cn1cc(N2CC(C(=O)N(O)Cc3ccccc3Cl)CCC2=O)cn1. The molecule has 0 radical (unpaired) electrons. The predicted octanol–water partition coefficient (Wildman–Crippen LogP) is 2.23. The summed E-state index contributed by atoms with van der Waals surface area (Å²) in [5.74, 6) is -0.931. The second kappa shape index (κ2) is 7.25. The molecule has 2 amide bonds. The van der Waals surface area contributed by atoms with Crippen LogP contribution in [0.15, 0.2) is 36.7 Å². The topological polar surface area (TPSA) is 78.7 Å². The number of aryl methyl sites for hydroxylation is 1. The van der Waals surface area contributed by atoms with Gasteiger partial charge in [0.2, 0.25) is 5.91 Å². The molecule has 1 aliphatic rings. The highest BCUT2D eigenvalue weighted by Gasteiger charge is 2.33. The Hall–Kier alpha value is -2.38. The van der Waals surface area contributed by atoms with Gasteiger partial charge in [-0.15, -0.1) is 0 Å². The Balaban J connectivity index is 1.69. The number of carbonyl (C=O) groups is 2. The number of hydrogen-bond acceptors (Lipinski definition) is 4. The number of rotatable bonds is 4. The van der Waals surface area contributed by atoms with Gasteiger partial charge in [-0.3, -0.25) is 19.5 Å². The van der Waals surface area contributed by atoms with Gasteiger partial charge >= 0.3 is 0 Å². The van der Waals surface area contributed by atoms with Crippen molar-refractivity contribution in [2.45, 2.75) is 19.4 Å². The molecule has 1 unspecified atom stereocenters. The molecule has 1 aliphatic heterocycles. The maximum absolute atomic E-state index is 12.6. The van der Waals surface area contributed by atoms with Crippen LogP contribution in [0.4, 0.5) is 5.69 Å². The summed E-state index contributed by atoms with van der Waals surface area (Å²) in [4.78, 5) is 26.3. The second-order valence-corrected chi connectivity index (χ2v) is 6.51. The van der Waals surface area contributed by atoms with Crippen LogP contribution in [0.5, 0.6) is 0 Å². The number of carbonyl (C=O) groups excluding carboxylic acids is 2. The van der Waals surface area contributed by atoms with E-state index in [4.69, 9.17) is 11.6 Å². The molecule has 1 N–H and O–H groups in total. The Labute approximate surface area is 150 Å². The molecule has 25 heavy (non-hydrogen) atoms. The van der Waals surface area contributed by atoms with Crippen LogP contribution in [0.1, 0.15) is 18.4 Å². The van der Waals surface area contributed by atoms with Crippen LogP contribution in [0.25, 0.3) is 0 Å². The molecule has 2 heterocycles. The maximum Gasteiger partial charge on any atom is 0.251 e. The van der Waals surface area contributed by atoms with E-state index >= 15 is 0 Å². The van der Waals surface area contributed by atoms with Crippen molar-refractivity contribution < 1.29 is 14.8 Å². The first-order chi connectivity index (χ1) is 12.0. The Bertz CT molecular complexity index is 792.